The summed E-state index contributed by atoms with van der Waals surface area (Å²) in [6.45, 7) is 12.1. The van der Waals surface area contributed by atoms with Gasteiger partial charge < -0.3 is 4.90 Å². The summed E-state index contributed by atoms with van der Waals surface area (Å²) < 4.78 is 28.0. The SMILES string of the molecule is C=C(CC)CC1CCN(S(=O)(=O)c2ccc(-c3ccc(CCN4CCC[C@H]4C)cc3)cc2)CC1. The van der Waals surface area contributed by atoms with Gasteiger partial charge in [0.05, 0.1) is 4.90 Å². The van der Waals surface area contributed by atoms with Crippen molar-refractivity contribution in [2.75, 3.05) is 26.2 Å². The van der Waals surface area contributed by atoms with Gasteiger partial charge in [0.1, 0.15) is 0 Å². The molecule has 5 heteroatoms. The van der Waals surface area contributed by atoms with E-state index in [1.165, 1.54) is 30.5 Å². The zero-order valence-electron chi connectivity index (χ0n) is 20.9. The van der Waals surface area contributed by atoms with Crippen LogP contribution in [0.5, 0.6) is 0 Å². The Morgan fingerprint density at radius 3 is 2.12 bits per heavy atom. The highest BCUT2D eigenvalue weighted by atomic mass is 32.2. The molecule has 0 aliphatic carbocycles. The highest BCUT2D eigenvalue weighted by Crippen LogP contribution is 2.29. The van der Waals surface area contributed by atoms with Crippen molar-refractivity contribution < 1.29 is 8.42 Å². The number of hydrogen-bond acceptors (Lipinski definition) is 3. The maximum Gasteiger partial charge on any atom is 0.243 e. The van der Waals surface area contributed by atoms with Crippen molar-refractivity contribution in [3.63, 3.8) is 0 Å². The summed E-state index contributed by atoms with van der Waals surface area (Å²) in [4.78, 5) is 2.97. The Labute approximate surface area is 206 Å². The molecule has 0 spiro atoms. The Bertz CT molecular complexity index is 1050. The average molecular weight is 481 g/mol. The van der Waals surface area contributed by atoms with E-state index in [-0.39, 0.29) is 0 Å². The van der Waals surface area contributed by atoms with E-state index in [0.717, 1.165) is 49.8 Å². The molecular formula is C29H40N2O2S. The van der Waals surface area contributed by atoms with Crippen molar-refractivity contribution in [3.05, 3.63) is 66.2 Å². The van der Waals surface area contributed by atoms with Crippen LogP contribution in [-0.4, -0.2) is 49.8 Å². The molecular weight excluding hydrogens is 440 g/mol. The lowest BCUT2D eigenvalue weighted by atomic mass is 9.91. The molecule has 2 aromatic rings. The van der Waals surface area contributed by atoms with Crippen LogP contribution in [0.2, 0.25) is 0 Å². The molecule has 0 amide bonds. The standard InChI is InChI=1S/C29H40N2O2S/c1-4-23(2)22-26-16-20-31(21-17-26)34(32,33)29-13-11-28(12-14-29)27-9-7-25(8-10-27)15-19-30-18-5-6-24(30)3/h7-14,24,26H,2,4-6,15-22H2,1,3H3/t24-/m1/s1. The Hall–Kier alpha value is -1.95. The van der Waals surface area contributed by atoms with E-state index in [9.17, 15) is 8.42 Å². The van der Waals surface area contributed by atoms with E-state index in [1.54, 1.807) is 16.4 Å². The monoisotopic (exact) mass is 480 g/mol. The van der Waals surface area contributed by atoms with Crippen molar-refractivity contribution in [1.82, 2.24) is 9.21 Å². The molecule has 2 aliphatic rings. The second-order valence-electron chi connectivity index (χ2n) is 10.2. The molecule has 0 radical (unpaired) electrons. The number of sulfonamides is 1. The van der Waals surface area contributed by atoms with Crippen molar-refractivity contribution >= 4 is 10.0 Å². The van der Waals surface area contributed by atoms with Gasteiger partial charge in [-0.3, -0.25) is 0 Å². The smallest absolute Gasteiger partial charge is 0.243 e. The lowest BCUT2D eigenvalue weighted by molar-refractivity contribution is 0.272. The highest BCUT2D eigenvalue weighted by molar-refractivity contribution is 7.89. The van der Waals surface area contributed by atoms with Gasteiger partial charge in [-0.15, -0.1) is 0 Å². The van der Waals surface area contributed by atoms with Gasteiger partial charge in [0.25, 0.3) is 0 Å². The first kappa shape index (κ1) is 25.2. The number of rotatable bonds is 9. The second kappa shape index (κ2) is 11.2. The second-order valence-corrected chi connectivity index (χ2v) is 12.1. The summed E-state index contributed by atoms with van der Waals surface area (Å²) in [5.41, 5.74) is 4.80. The normalized spacial score (nSPS) is 20.6. The summed E-state index contributed by atoms with van der Waals surface area (Å²) >= 11 is 0. The van der Waals surface area contributed by atoms with Crippen LogP contribution >= 0.6 is 0 Å². The zero-order chi connectivity index (χ0) is 24.1. The van der Waals surface area contributed by atoms with E-state index in [2.05, 4.69) is 49.6 Å². The molecule has 2 heterocycles. The molecule has 1 atom stereocenters. The number of nitrogens with zero attached hydrogens (tertiary/aromatic N) is 2. The molecule has 2 saturated heterocycles. The van der Waals surface area contributed by atoms with Gasteiger partial charge >= 0.3 is 0 Å². The van der Waals surface area contributed by atoms with E-state index >= 15 is 0 Å². The molecule has 0 aromatic heterocycles. The number of allylic oxidation sites excluding steroid dienone is 1. The largest absolute Gasteiger partial charge is 0.300 e. The Balaban J connectivity index is 1.34. The predicted molar refractivity (Wildman–Crippen MR) is 141 cm³/mol. The van der Waals surface area contributed by atoms with Crippen LogP contribution < -0.4 is 0 Å². The van der Waals surface area contributed by atoms with Gasteiger partial charge in [-0.05, 0) is 93.2 Å². The lowest BCUT2D eigenvalue weighted by Gasteiger charge is -2.31. The number of benzene rings is 2. The fourth-order valence-corrected chi connectivity index (χ4v) is 6.81. The van der Waals surface area contributed by atoms with Crippen molar-refractivity contribution in [1.29, 1.82) is 0 Å². The van der Waals surface area contributed by atoms with Crippen LogP contribution in [0.25, 0.3) is 11.1 Å². The molecule has 0 saturated carbocycles. The molecule has 2 aromatic carbocycles. The number of piperidine rings is 1. The third kappa shape index (κ3) is 5.99. The summed E-state index contributed by atoms with van der Waals surface area (Å²) in [6.07, 6.45) is 7.57. The minimum atomic E-state index is -3.44. The van der Waals surface area contributed by atoms with Crippen molar-refractivity contribution in [2.45, 2.75) is 69.7 Å². The summed E-state index contributed by atoms with van der Waals surface area (Å²) in [5.74, 6) is 0.558. The van der Waals surface area contributed by atoms with Gasteiger partial charge in [-0.25, -0.2) is 8.42 Å². The Morgan fingerprint density at radius 1 is 0.941 bits per heavy atom. The quantitative estimate of drug-likeness (QED) is 0.405. The lowest BCUT2D eigenvalue weighted by Crippen LogP contribution is -2.38. The molecule has 2 fully saturated rings. The molecule has 0 unspecified atom stereocenters. The minimum Gasteiger partial charge on any atom is -0.300 e. The molecule has 2 aliphatic heterocycles. The maximum absolute atomic E-state index is 13.2. The van der Waals surface area contributed by atoms with Crippen LogP contribution in [-0.2, 0) is 16.4 Å². The summed E-state index contributed by atoms with van der Waals surface area (Å²) in [5, 5.41) is 0. The number of likely N-dealkylation sites (tertiary alicyclic amines) is 1. The van der Waals surface area contributed by atoms with Gasteiger partial charge in [0.15, 0.2) is 0 Å². The van der Waals surface area contributed by atoms with Gasteiger partial charge in [-0.1, -0.05) is 55.5 Å². The zero-order valence-corrected chi connectivity index (χ0v) is 21.7. The van der Waals surface area contributed by atoms with Crippen LogP contribution in [0.4, 0.5) is 0 Å². The van der Waals surface area contributed by atoms with E-state index in [1.807, 2.05) is 12.1 Å². The van der Waals surface area contributed by atoms with Gasteiger partial charge in [0, 0.05) is 25.7 Å². The Kier molecular flexibility index (Phi) is 8.28. The fraction of sp³-hybridized carbons (Fsp3) is 0.517. The van der Waals surface area contributed by atoms with E-state index < -0.39 is 10.0 Å². The van der Waals surface area contributed by atoms with E-state index in [0.29, 0.717) is 29.9 Å². The Morgan fingerprint density at radius 2 is 1.56 bits per heavy atom. The first-order chi connectivity index (χ1) is 16.4. The average Bonchev–Trinajstić information content (AvgIpc) is 3.28. The first-order valence-corrected chi connectivity index (χ1v) is 14.4. The van der Waals surface area contributed by atoms with Crippen LogP contribution in [0, 0.1) is 5.92 Å². The van der Waals surface area contributed by atoms with Crippen LogP contribution in [0.3, 0.4) is 0 Å². The van der Waals surface area contributed by atoms with Gasteiger partial charge in [-0.2, -0.15) is 4.31 Å². The van der Waals surface area contributed by atoms with E-state index in [4.69, 9.17) is 0 Å². The van der Waals surface area contributed by atoms with Gasteiger partial charge in [0.2, 0.25) is 10.0 Å². The third-order valence-corrected chi connectivity index (χ3v) is 9.72. The molecule has 4 rings (SSSR count). The third-order valence-electron chi connectivity index (χ3n) is 7.81. The molecule has 4 nitrogen and oxygen atoms in total. The summed E-state index contributed by atoms with van der Waals surface area (Å²) in [7, 11) is -3.44. The first-order valence-electron chi connectivity index (χ1n) is 13.0. The maximum atomic E-state index is 13.2. The van der Waals surface area contributed by atoms with Crippen LogP contribution in [0.1, 0.15) is 57.9 Å². The minimum absolute atomic E-state index is 0.393. The molecule has 0 bridgehead atoms. The van der Waals surface area contributed by atoms with Crippen molar-refractivity contribution in [3.8, 4) is 11.1 Å². The topological polar surface area (TPSA) is 40.6 Å². The van der Waals surface area contributed by atoms with Crippen LogP contribution in [0.15, 0.2) is 65.6 Å². The number of hydrogen-bond donors (Lipinski definition) is 0. The van der Waals surface area contributed by atoms with Crippen molar-refractivity contribution in [2.24, 2.45) is 5.92 Å². The molecule has 184 valence electrons. The molecule has 34 heavy (non-hydrogen) atoms. The summed E-state index contributed by atoms with van der Waals surface area (Å²) in [6, 6.07) is 16.8. The predicted octanol–water partition coefficient (Wildman–Crippen LogP) is 6.14. The highest BCUT2D eigenvalue weighted by Gasteiger charge is 2.29. The fourth-order valence-electron chi connectivity index (χ4n) is 5.34. The molecule has 0 N–H and O–H groups in total.